The van der Waals surface area contributed by atoms with Gasteiger partial charge in [-0.25, -0.2) is 0 Å². The molecule has 0 unspecified atom stereocenters. The fraction of sp³-hybridized carbons (Fsp3) is 0.188. The van der Waals surface area contributed by atoms with Crippen LogP contribution in [0.1, 0.15) is 18.1 Å². The van der Waals surface area contributed by atoms with Gasteiger partial charge in [0.15, 0.2) is 0 Å². The van der Waals surface area contributed by atoms with Gasteiger partial charge in [0.1, 0.15) is 0 Å². The fourth-order valence-corrected chi connectivity index (χ4v) is 1.96. The van der Waals surface area contributed by atoms with E-state index in [4.69, 9.17) is 11.0 Å². The number of hydrogen-bond donors (Lipinski definition) is 2. The standard InChI is InChI=1S/C16H17N3/c1-2-12-4-3-5-14(10-12)19-15-6-7-16(18)13(11-15)8-9-17/h3-7,10-11,19H,2,8,18H2,1H3. The number of nitrogens with zero attached hydrogens (tertiary/aromatic N) is 1. The third-order valence-corrected chi connectivity index (χ3v) is 3.04. The normalized spacial score (nSPS) is 9.89. The van der Waals surface area contributed by atoms with E-state index < -0.39 is 0 Å². The Morgan fingerprint density at radius 1 is 1.16 bits per heavy atom. The van der Waals surface area contributed by atoms with Crippen LogP contribution >= 0.6 is 0 Å². The third kappa shape index (κ3) is 3.26. The van der Waals surface area contributed by atoms with Crippen LogP contribution in [0.15, 0.2) is 42.5 Å². The lowest BCUT2D eigenvalue weighted by Gasteiger charge is -2.10. The van der Waals surface area contributed by atoms with Crippen molar-refractivity contribution in [3.63, 3.8) is 0 Å². The quantitative estimate of drug-likeness (QED) is 0.815. The minimum atomic E-state index is 0.330. The monoisotopic (exact) mass is 251 g/mol. The van der Waals surface area contributed by atoms with Crippen LogP contribution in [0, 0.1) is 11.3 Å². The maximum Gasteiger partial charge on any atom is 0.0670 e. The van der Waals surface area contributed by atoms with E-state index in [0.29, 0.717) is 12.1 Å². The molecule has 0 atom stereocenters. The summed E-state index contributed by atoms with van der Waals surface area (Å²) in [5.41, 5.74) is 10.6. The number of nitriles is 1. The molecule has 0 saturated carbocycles. The highest BCUT2D eigenvalue weighted by molar-refractivity contribution is 5.65. The second-order valence-corrected chi connectivity index (χ2v) is 4.43. The number of hydrogen-bond acceptors (Lipinski definition) is 3. The van der Waals surface area contributed by atoms with Gasteiger partial charge in [-0.05, 0) is 47.9 Å². The molecule has 0 aliphatic rings. The first-order valence-electron chi connectivity index (χ1n) is 6.34. The van der Waals surface area contributed by atoms with Crippen LogP contribution in [0.25, 0.3) is 0 Å². The number of nitrogens with one attached hydrogen (secondary N) is 1. The molecular weight excluding hydrogens is 234 g/mol. The van der Waals surface area contributed by atoms with Gasteiger partial charge in [-0.3, -0.25) is 0 Å². The van der Waals surface area contributed by atoms with Crippen molar-refractivity contribution in [1.82, 2.24) is 0 Å². The Morgan fingerprint density at radius 3 is 2.68 bits per heavy atom. The Hall–Kier alpha value is -2.47. The molecule has 2 aromatic rings. The maximum atomic E-state index is 8.77. The molecular formula is C16H17N3. The zero-order valence-corrected chi connectivity index (χ0v) is 11.0. The van der Waals surface area contributed by atoms with Crippen molar-refractivity contribution in [2.24, 2.45) is 0 Å². The third-order valence-electron chi connectivity index (χ3n) is 3.04. The van der Waals surface area contributed by atoms with E-state index in [2.05, 4.69) is 30.4 Å². The molecule has 0 aliphatic heterocycles. The zero-order valence-electron chi connectivity index (χ0n) is 11.0. The minimum absolute atomic E-state index is 0.330. The van der Waals surface area contributed by atoms with Crippen LogP contribution in [-0.2, 0) is 12.8 Å². The van der Waals surface area contributed by atoms with E-state index in [0.717, 1.165) is 23.4 Å². The van der Waals surface area contributed by atoms with Gasteiger partial charge in [0.05, 0.1) is 12.5 Å². The molecule has 0 fully saturated rings. The second kappa shape index (κ2) is 5.92. The summed E-state index contributed by atoms with van der Waals surface area (Å²) in [5.74, 6) is 0. The van der Waals surface area contributed by atoms with Gasteiger partial charge in [-0.1, -0.05) is 19.1 Å². The number of nitrogens with two attached hydrogens (primary N) is 1. The molecule has 3 nitrogen and oxygen atoms in total. The number of nitrogen functional groups attached to an aromatic ring is 1. The summed E-state index contributed by atoms with van der Waals surface area (Å²) >= 11 is 0. The van der Waals surface area contributed by atoms with E-state index in [9.17, 15) is 0 Å². The minimum Gasteiger partial charge on any atom is -0.398 e. The van der Waals surface area contributed by atoms with Crippen LogP contribution in [0.3, 0.4) is 0 Å². The van der Waals surface area contributed by atoms with Crippen molar-refractivity contribution < 1.29 is 0 Å². The largest absolute Gasteiger partial charge is 0.398 e. The summed E-state index contributed by atoms with van der Waals surface area (Å²) in [4.78, 5) is 0. The van der Waals surface area contributed by atoms with E-state index in [1.165, 1.54) is 5.56 Å². The van der Waals surface area contributed by atoms with Gasteiger partial charge >= 0.3 is 0 Å². The van der Waals surface area contributed by atoms with Crippen molar-refractivity contribution >= 4 is 17.1 Å². The molecule has 0 radical (unpaired) electrons. The average molecular weight is 251 g/mol. The highest BCUT2D eigenvalue weighted by Crippen LogP contribution is 2.22. The Labute approximate surface area is 113 Å². The predicted octanol–water partition coefficient (Wildman–Crippen LogP) is 3.64. The van der Waals surface area contributed by atoms with Gasteiger partial charge in [0, 0.05) is 17.1 Å². The van der Waals surface area contributed by atoms with Gasteiger partial charge in [0.25, 0.3) is 0 Å². The molecule has 0 spiro atoms. The lowest BCUT2D eigenvalue weighted by Crippen LogP contribution is -1.97. The van der Waals surface area contributed by atoms with Gasteiger partial charge in [-0.2, -0.15) is 5.26 Å². The summed E-state index contributed by atoms with van der Waals surface area (Å²) in [6.45, 7) is 2.13. The fourth-order valence-electron chi connectivity index (χ4n) is 1.96. The Balaban J connectivity index is 2.23. The molecule has 0 heterocycles. The van der Waals surface area contributed by atoms with Gasteiger partial charge in [-0.15, -0.1) is 0 Å². The molecule has 2 aromatic carbocycles. The summed E-state index contributed by atoms with van der Waals surface area (Å²) < 4.78 is 0. The van der Waals surface area contributed by atoms with Crippen molar-refractivity contribution in [1.29, 1.82) is 5.26 Å². The SMILES string of the molecule is CCc1cccc(Nc2ccc(N)c(CC#N)c2)c1. The van der Waals surface area contributed by atoms with Crippen LogP contribution in [-0.4, -0.2) is 0 Å². The van der Waals surface area contributed by atoms with E-state index in [1.54, 1.807) is 0 Å². The van der Waals surface area contributed by atoms with Crippen molar-refractivity contribution in [2.75, 3.05) is 11.1 Å². The Morgan fingerprint density at radius 2 is 1.95 bits per heavy atom. The molecule has 0 aliphatic carbocycles. The molecule has 0 bridgehead atoms. The first-order chi connectivity index (χ1) is 9.22. The number of rotatable bonds is 4. The summed E-state index contributed by atoms with van der Waals surface area (Å²) in [5, 5.41) is 12.1. The number of aryl methyl sites for hydroxylation is 1. The lowest BCUT2D eigenvalue weighted by atomic mass is 10.1. The molecule has 0 aromatic heterocycles. The predicted molar refractivity (Wildman–Crippen MR) is 79.3 cm³/mol. The first kappa shape index (κ1) is 13.0. The summed E-state index contributed by atoms with van der Waals surface area (Å²) in [6, 6.07) is 16.1. The highest BCUT2D eigenvalue weighted by atomic mass is 14.9. The van der Waals surface area contributed by atoms with E-state index in [-0.39, 0.29) is 0 Å². The Kier molecular flexibility index (Phi) is 4.04. The maximum absolute atomic E-state index is 8.77. The molecule has 19 heavy (non-hydrogen) atoms. The highest BCUT2D eigenvalue weighted by Gasteiger charge is 2.02. The van der Waals surface area contributed by atoms with Crippen LogP contribution in [0.2, 0.25) is 0 Å². The molecule has 96 valence electrons. The lowest BCUT2D eigenvalue weighted by molar-refractivity contribution is 1.14. The smallest absolute Gasteiger partial charge is 0.0670 e. The average Bonchev–Trinajstić information content (AvgIpc) is 2.43. The molecule has 0 amide bonds. The van der Waals surface area contributed by atoms with Crippen molar-refractivity contribution in [3.05, 3.63) is 53.6 Å². The molecule has 3 heteroatoms. The van der Waals surface area contributed by atoms with E-state index in [1.807, 2.05) is 30.3 Å². The van der Waals surface area contributed by atoms with Crippen LogP contribution in [0.4, 0.5) is 17.1 Å². The molecule has 3 N–H and O–H groups in total. The van der Waals surface area contributed by atoms with Crippen molar-refractivity contribution in [3.8, 4) is 6.07 Å². The number of anilines is 3. The number of benzene rings is 2. The van der Waals surface area contributed by atoms with E-state index >= 15 is 0 Å². The summed E-state index contributed by atoms with van der Waals surface area (Å²) in [7, 11) is 0. The zero-order chi connectivity index (χ0) is 13.7. The summed E-state index contributed by atoms with van der Waals surface area (Å²) in [6.07, 6.45) is 1.34. The second-order valence-electron chi connectivity index (χ2n) is 4.43. The van der Waals surface area contributed by atoms with Crippen LogP contribution in [0.5, 0.6) is 0 Å². The first-order valence-corrected chi connectivity index (χ1v) is 6.34. The van der Waals surface area contributed by atoms with Gasteiger partial charge < -0.3 is 11.1 Å². The van der Waals surface area contributed by atoms with Crippen LogP contribution < -0.4 is 11.1 Å². The molecule has 2 rings (SSSR count). The van der Waals surface area contributed by atoms with Gasteiger partial charge in [0.2, 0.25) is 0 Å². The van der Waals surface area contributed by atoms with Crippen molar-refractivity contribution in [2.45, 2.75) is 19.8 Å². The topological polar surface area (TPSA) is 61.8 Å². The molecule has 0 saturated heterocycles. The Bertz CT molecular complexity index is 612.